The van der Waals surface area contributed by atoms with Crippen LogP contribution in [-0.2, 0) is 15.4 Å². The van der Waals surface area contributed by atoms with Crippen LogP contribution in [-0.4, -0.2) is 28.9 Å². The number of hydrogen-bond acceptors (Lipinski definition) is 3. The average Bonchev–Trinajstić information content (AvgIpc) is 2.53. The molecule has 1 fully saturated rings. The first-order valence-electron chi connectivity index (χ1n) is 8.52. The van der Waals surface area contributed by atoms with Crippen molar-refractivity contribution >= 4 is 18.2 Å². The number of rotatable bonds is 7. The molecule has 0 bridgehead atoms. The second kappa shape index (κ2) is 8.74. The van der Waals surface area contributed by atoms with E-state index in [0.29, 0.717) is 5.92 Å². The number of thioether (sulfide) groups is 1. The van der Waals surface area contributed by atoms with Crippen molar-refractivity contribution < 1.29 is 9.63 Å². The van der Waals surface area contributed by atoms with Gasteiger partial charge in [-0.25, -0.2) is 5.06 Å². The molecule has 1 aliphatic carbocycles. The molecule has 2 atom stereocenters. The van der Waals surface area contributed by atoms with Crippen LogP contribution in [0.5, 0.6) is 0 Å². The molecule has 2 unspecified atom stereocenters. The highest BCUT2D eigenvalue weighted by molar-refractivity contribution is 7.98. The Morgan fingerprint density at radius 2 is 2.00 bits per heavy atom. The largest absolute Gasteiger partial charge is 0.276 e. The highest BCUT2D eigenvalue weighted by atomic mass is 32.2. The molecule has 2 rings (SSSR count). The molecule has 0 radical (unpaired) electrons. The summed E-state index contributed by atoms with van der Waals surface area (Å²) in [4.78, 5) is 17.2. The number of benzene rings is 1. The van der Waals surface area contributed by atoms with Crippen LogP contribution in [0.25, 0.3) is 0 Å². The molecule has 0 spiro atoms. The predicted molar refractivity (Wildman–Crippen MR) is 97.1 cm³/mol. The van der Waals surface area contributed by atoms with Crippen LogP contribution in [0.1, 0.15) is 52.0 Å². The van der Waals surface area contributed by atoms with Gasteiger partial charge in [0.1, 0.15) is 0 Å². The second-order valence-corrected chi connectivity index (χ2v) is 8.39. The van der Waals surface area contributed by atoms with Gasteiger partial charge in [0.2, 0.25) is 6.41 Å². The van der Waals surface area contributed by atoms with Crippen molar-refractivity contribution in [3.8, 4) is 0 Å². The minimum Gasteiger partial charge on any atom is -0.276 e. The van der Waals surface area contributed by atoms with Crippen molar-refractivity contribution in [3.63, 3.8) is 0 Å². The standard InChI is InChI=1S/C19H29NO2S/c1-19(2,3)22-20(15-21)18-11-7-10-17(12-18)14-23-13-16-8-5-4-6-9-16/h4-6,8-9,15,17-18H,7,10-14H2,1-3H3. The van der Waals surface area contributed by atoms with Crippen LogP contribution >= 0.6 is 11.8 Å². The second-order valence-electron chi connectivity index (χ2n) is 7.36. The topological polar surface area (TPSA) is 29.5 Å². The quantitative estimate of drug-likeness (QED) is 0.536. The van der Waals surface area contributed by atoms with Gasteiger partial charge in [-0.05, 0) is 57.3 Å². The van der Waals surface area contributed by atoms with E-state index in [1.54, 1.807) is 5.06 Å². The van der Waals surface area contributed by atoms with Crippen molar-refractivity contribution in [3.05, 3.63) is 35.9 Å². The Hall–Kier alpha value is -1.00. The Bertz CT molecular complexity index is 472. The van der Waals surface area contributed by atoms with Gasteiger partial charge < -0.3 is 0 Å². The Kier molecular flexibility index (Phi) is 6.97. The number of carbonyl (C=O) groups is 1. The number of nitrogens with zero attached hydrogens (tertiary/aromatic N) is 1. The molecule has 0 heterocycles. The van der Waals surface area contributed by atoms with Gasteiger partial charge in [-0.15, -0.1) is 0 Å². The Morgan fingerprint density at radius 1 is 1.26 bits per heavy atom. The maximum absolute atomic E-state index is 11.4. The molecule has 0 N–H and O–H groups in total. The zero-order valence-corrected chi connectivity index (χ0v) is 15.3. The number of hydrogen-bond donors (Lipinski definition) is 0. The van der Waals surface area contributed by atoms with Crippen molar-refractivity contribution in [1.29, 1.82) is 0 Å². The summed E-state index contributed by atoms with van der Waals surface area (Å²) in [5.41, 5.74) is 1.06. The summed E-state index contributed by atoms with van der Waals surface area (Å²) in [5.74, 6) is 2.90. The van der Waals surface area contributed by atoms with Crippen molar-refractivity contribution in [2.75, 3.05) is 5.75 Å². The Morgan fingerprint density at radius 3 is 2.65 bits per heavy atom. The summed E-state index contributed by atoms with van der Waals surface area (Å²) in [7, 11) is 0. The molecule has 1 aromatic carbocycles. The third-order valence-electron chi connectivity index (χ3n) is 4.06. The lowest BCUT2D eigenvalue weighted by Gasteiger charge is -2.37. The highest BCUT2D eigenvalue weighted by Crippen LogP contribution is 2.31. The fourth-order valence-corrected chi connectivity index (χ4v) is 4.24. The maximum Gasteiger partial charge on any atom is 0.233 e. The van der Waals surface area contributed by atoms with Crippen LogP contribution in [0.15, 0.2) is 30.3 Å². The number of carbonyl (C=O) groups excluding carboxylic acids is 1. The average molecular weight is 336 g/mol. The SMILES string of the molecule is CC(C)(C)ON(C=O)C1CCCC(CSCc2ccccc2)C1. The van der Waals surface area contributed by atoms with E-state index < -0.39 is 0 Å². The monoisotopic (exact) mass is 335 g/mol. The minimum absolute atomic E-state index is 0.225. The number of amides is 1. The highest BCUT2D eigenvalue weighted by Gasteiger charge is 2.29. The smallest absolute Gasteiger partial charge is 0.233 e. The van der Waals surface area contributed by atoms with Crippen molar-refractivity contribution in [1.82, 2.24) is 5.06 Å². The fraction of sp³-hybridized carbons (Fsp3) is 0.632. The molecular weight excluding hydrogens is 306 g/mol. The lowest BCUT2D eigenvalue weighted by atomic mass is 9.87. The van der Waals surface area contributed by atoms with Crippen LogP contribution in [0.3, 0.4) is 0 Å². The van der Waals surface area contributed by atoms with Gasteiger partial charge in [0.05, 0.1) is 11.6 Å². The molecule has 0 aliphatic heterocycles. The summed E-state index contributed by atoms with van der Waals surface area (Å²) >= 11 is 2.00. The Balaban J connectivity index is 1.79. The predicted octanol–water partition coefficient (Wildman–Crippen LogP) is 4.67. The minimum atomic E-state index is -0.323. The van der Waals surface area contributed by atoms with E-state index >= 15 is 0 Å². The van der Waals surface area contributed by atoms with Gasteiger partial charge in [-0.3, -0.25) is 9.63 Å². The summed E-state index contributed by atoms with van der Waals surface area (Å²) in [6, 6.07) is 10.8. The molecule has 1 saturated carbocycles. The Labute approximate surface area is 144 Å². The van der Waals surface area contributed by atoms with E-state index in [0.717, 1.165) is 30.8 Å². The summed E-state index contributed by atoms with van der Waals surface area (Å²) in [5, 5.41) is 1.56. The zero-order valence-electron chi connectivity index (χ0n) is 14.5. The van der Waals surface area contributed by atoms with Crippen LogP contribution in [0.4, 0.5) is 0 Å². The molecule has 0 saturated heterocycles. The first kappa shape index (κ1) is 18.3. The fourth-order valence-electron chi connectivity index (χ4n) is 3.06. The first-order valence-corrected chi connectivity index (χ1v) is 9.68. The normalized spacial score (nSPS) is 21.9. The molecule has 3 nitrogen and oxygen atoms in total. The van der Waals surface area contributed by atoms with Gasteiger partial charge in [-0.1, -0.05) is 36.8 Å². The molecular formula is C19H29NO2S. The van der Waals surface area contributed by atoms with Gasteiger partial charge in [0.25, 0.3) is 0 Å². The van der Waals surface area contributed by atoms with Crippen molar-refractivity contribution in [2.24, 2.45) is 5.92 Å². The summed E-state index contributed by atoms with van der Waals surface area (Å²) in [6.07, 6.45) is 5.40. The molecule has 1 aliphatic rings. The third kappa shape index (κ3) is 6.56. The van der Waals surface area contributed by atoms with E-state index in [2.05, 4.69) is 30.3 Å². The molecule has 128 valence electrons. The molecule has 1 aromatic rings. The molecule has 23 heavy (non-hydrogen) atoms. The van der Waals surface area contributed by atoms with Crippen molar-refractivity contribution in [2.45, 2.75) is 63.9 Å². The van der Waals surface area contributed by atoms with E-state index in [-0.39, 0.29) is 11.6 Å². The van der Waals surface area contributed by atoms with Crippen LogP contribution in [0.2, 0.25) is 0 Å². The summed E-state index contributed by atoms with van der Waals surface area (Å²) in [6.45, 7) is 5.96. The van der Waals surface area contributed by atoms with Gasteiger partial charge in [0, 0.05) is 5.75 Å². The molecule has 0 aromatic heterocycles. The third-order valence-corrected chi connectivity index (χ3v) is 5.31. The van der Waals surface area contributed by atoms with Crippen LogP contribution < -0.4 is 0 Å². The van der Waals surface area contributed by atoms with Gasteiger partial charge in [-0.2, -0.15) is 11.8 Å². The van der Waals surface area contributed by atoms with E-state index in [1.807, 2.05) is 32.5 Å². The lowest BCUT2D eigenvalue weighted by Crippen LogP contribution is -2.42. The lowest BCUT2D eigenvalue weighted by molar-refractivity contribution is -0.236. The van der Waals surface area contributed by atoms with Gasteiger partial charge >= 0.3 is 0 Å². The van der Waals surface area contributed by atoms with E-state index in [9.17, 15) is 4.79 Å². The summed E-state index contributed by atoms with van der Waals surface area (Å²) < 4.78 is 0. The first-order chi connectivity index (χ1) is 11.0. The molecule has 4 heteroatoms. The maximum atomic E-state index is 11.4. The zero-order chi connectivity index (χ0) is 16.7. The van der Waals surface area contributed by atoms with E-state index in [1.165, 1.54) is 18.4 Å². The van der Waals surface area contributed by atoms with Gasteiger partial charge in [0.15, 0.2) is 0 Å². The van der Waals surface area contributed by atoms with Crippen LogP contribution in [0, 0.1) is 5.92 Å². The molecule has 1 amide bonds. The number of hydroxylamine groups is 2. The van der Waals surface area contributed by atoms with E-state index in [4.69, 9.17) is 4.84 Å².